The minimum absolute atomic E-state index is 0.338. The van der Waals surface area contributed by atoms with Crippen molar-refractivity contribution in [3.05, 3.63) is 66.0 Å². The molecular weight excluding hydrogens is 272 g/mol. The van der Waals surface area contributed by atoms with Crippen LogP contribution in [0.15, 0.2) is 54.9 Å². The minimum atomic E-state index is 0.338. The second-order valence-corrected chi connectivity index (χ2v) is 6.21. The molecule has 0 spiro atoms. The summed E-state index contributed by atoms with van der Waals surface area (Å²) in [4.78, 5) is 6.48. The maximum absolute atomic E-state index is 6.25. The molecule has 0 aliphatic carbocycles. The zero-order chi connectivity index (χ0) is 15.2. The summed E-state index contributed by atoms with van der Waals surface area (Å²) in [6.45, 7) is 2.91. The first-order valence-corrected chi connectivity index (χ1v) is 8.04. The van der Waals surface area contributed by atoms with Crippen LogP contribution >= 0.6 is 0 Å². The van der Waals surface area contributed by atoms with Gasteiger partial charge in [0.05, 0.1) is 12.7 Å². The topological polar surface area (TPSA) is 25.4 Å². The largest absolute Gasteiger partial charge is 0.373 e. The predicted molar refractivity (Wildman–Crippen MR) is 88.6 cm³/mol. The third-order valence-electron chi connectivity index (χ3n) is 4.42. The second kappa shape index (κ2) is 7.52. The molecule has 1 aromatic heterocycles. The summed E-state index contributed by atoms with van der Waals surface area (Å²) in [6, 6.07) is 14.8. The van der Waals surface area contributed by atoms with E-state index >= 15 is 0 Å². The van der Waals surface area contributed by atoms with E-state index in [1.165, 1.54) is 11.1 Å². The van der Waals surface area contributed by atoms with Gasteiger partial charge in [-0.25, -0.2) is 0 Å². The number of benzene rings is 1. The van der Waals surface area contributed by atoms with Gasteiger partial charge in [0.1, 0.15) is 0 Å². The van der Waals surface area contributed by atoms with Crippen LogP contribution in [0.25, 0.3) is 0 Å². The van der Waals surface area contributed by atoms with Crippen LogP contribution < -0.4 is 0 Å². The van der Waals surface area contributed by atoms with Crippen molar-refractivity contribution in [1.82, 2.24) is 9.88 Å². The average Bonchev–Trinajstić information content (AvgIpc) is 2.56. The molecule has 2 aromatic rings. The van der Waals surface area contributed by atoms with Crippen molar-refractivity contribution in [2.75, 3.05) is 20.1 Å². The molecule has 2 atom stereocenters. The van der Waals surface area contributed by atoms with Gasteiger partial charge in [-0.2, -0.15) is 0 Å². The van der Waals surface area contributed by atoms with Gasteiger partial charge in [-0.15, -0.1) is 0 Å². The Bertz CT molecular complexity index is 558. The smallest absolute Gasteiger partial charge is 0.0721 e. The predicted octanol–water partition coefficient (Wildman–Crippen LogP) is 3.16. The highest BCUT2D eigenvalue weighted by Crippen LogP contribution is 2.24. The van der Waals surface area contributed by atoms with Gasteiger partial charge < -0.3 is 9.64 Å². The van der Waals surface area contributed by atoms with Gasteiger partial charge in [0.15, 0.2) is 0 Å². The fourth-order valence-electron chi connectivity index (χ4n) is 3.21. The summed E-state index contributed by atoms with van der Waals surface area (Å²) in [5, 5.41) is 0. The molecule has 2 heterocycles. The van der Waals surface area contributed by atoms with Gasteiger partial charge in [-0.1, -0.05) is 30.3 Å². The molecule has 0 radical (unpaired) electrons. The summed E-state index contributed by atoms with van der Waals surface area (Å²) in [5.74, 6) is 0.558. The molecule has 1 aromatic carbocycles. The molecule has 0 saturated carbocycles. The van der Waals surface area contributed by atoms with Crippen LogP contribution in [0.4, 0.5) is 0 Å². The van der Waals surface area contributed by atoms with Crippen molar-refractivity contribution in [1.29, 1.82) is 0 Å². The van der Waals surface area contributed by atoms with E-state index in [1.54, 1.807) is 0 Å². The number of likely N-dealkylation sites (tertiary alicyclic amines) is 1. The monoisotopic (exact) mass is 296 g/mol. The van der Waals surface area contributed by atoms with Crippen LogP contribution in [0.3, 0.4) is 0 Å². The Morgan fingerprint density at radius 2 is 1.86 bits per heavy atom. The first-order valence-electron chi connectivity index (χ1n) is 8.04. The molecule has 1 saturated heterocycles. The Kier molecular flexibility index (Phi) is 5.20. The third-order valence-corrected chi connectivity index (χ3v) is 4.42. The molecule has 0 unspecified atom stereocenters. The maximum Gasteiger partial charge on any atom is 0.0721 e. The van der Waals surface area contributed by atoms with E-state index in [4.69, 9.17) is 4.74 Å². The van der Waals surface area contributed by atoms with Gasteiger partial charge in [0, 0.05) is 31.4 Å². The van der Waals surface area contributed by atoms with Gasteiger partial charge in [0.25, 0.3) is 0 Å². The van der Waals surface area contributed by atoms with Crippen molar-refractivity contribution in [3.63, 3.8) is 0 Å². The number of aromatic nitrogens is 1. The van der Waals surface area contributed by atoms with E-state index in [0.717, 1.165) is 25.9 Å². The van der Waals surface area contributed by atoms with E-state index in [9.17, 15) is 0 Å². The number of nitrogens with zero attached hydrogens (tertiary/aromatic N) is 2. The number of rotatable bonds is 5. The lowest BCUT2D eigenvalue weighted by atomic mass is 9.89. The molecule has 22 heavy (non-hydrogen) atoms. The van der Waals surface area contributed by atoms with Gasteiger partial charge in [-0.05, 0) is 43.1 Å². The molecule has 1 aliphatic heterocycles. The zero-order valence-electron chi connectivity index (χ0n) is 13.2. The van der Waals surface area contributed by atoms with E-state index in [1.807, 2.05) is 24.5 Å². The molecule has 3 heteroatoms. The van der Waals surface area contributed by atoms with Crippen molar-refractivity contribution < 1.29 is 4.74 Å². The van der Waals surface area contributed by atoms with E-state index in [0.29, 0.717) is 18.6 Å². The third kappa shape index (κ3) is 4.15. The molecule has 0 amide bonds. The van der Waals surface area contributed by atoms with Crippen LogP contribution in [0, 0.1) is 5.92 Å². The molecule has 3 nitrogen and oxygen atoms in total. The second-order valence-electron chi connectivity index (χ2n) is 6.21. The number of hydrogen-bond acceptors (Lipinski definition) is 3. The summed E-state index contributed by atoms with van der Waals surface area (Å²) < 4.78 is 6.25. The Labute approximate surface area is 132 Å². The van der Waals surface area contributed by atoms with Crippen LogP contribution in [0.1, 0.15) is 17.5 Å². The minimum Gasteiger partial charge on any atom is -0.373 e. The standard InChI is InChI=1S/C19H24N2O/c1-21-12-9-19(22-15-17-7-10-20-11-8-17)18(14-21)13-16-5-3-2-4-6-16/h2-8,10-11,18-19H,9,12-15H2,1H3/t18-,19-/m0/s1. The van der Waals surface area contributed by atoms with E-state index in [-0.39, 0.29) is 0 Å². The van der Waals surface area contributed by atoms with Gasteiger partial charge in [-0.3, -0.25) is 4.98 Å². The van der Waals surface area contributed by atoms with Gasteiger partial charge >= 0.3 is 0 Å². The maximum atomic E-state index is 6.25. The highest BCUT2D eigenvalue weighted by molar-refractivity contribution is 5.16. The highest BCUT2D eigenvalue weighted by atomic mass is 16.5. The van der Waals surface area contributed by atoms with E-state index < -0.39 is 0 Å². The first-order chi connectivity index (χ1) is 10.8. The van der Waals surface area contributed by atoms with Crippen LogP contribution in [0.5, 0.6) is 0 Å². The number of ether oxygens (including phenoxy) is 1. The SMILES string of the molecule is CN1CC[C@H](OCc2ccncc2)[C@@H](Cc2ccccc2)C1. The quantitative estimate of drug-likeness (QED) is 0.847. The summed E-state index contributed by atoms with van der Waals surface area (Å²) in [6.07, 6.45) is 6.19. The first kappa shape index (κ1) is 15.2. The Balaban J connectivity index is 1.62. The lowest BCUT2D eigenvalue weighted by Gasteiger charge is -2.36. The number of hydrogen-bond donors (Lipinski definition) is 0. The Hall–Kier alpha value is -1.71. The van der Waals surface area contributed by atoms with E-state index in [2.05, 4.69) is 47.3 Å². The highest BCUT2D eigenvalue weighted by Gasteiger charge is 2.28. The zero-order valence-corrected chi connectivity index (χ0v) is 13.2. The summed E-state index contributed by atoms with van der Waals surface area (Å²) >= 11 is 0. The van der Waals surface area contributed by atoms with Crippen LogP contribution in [-0.4, -0.2) is 36.1 Å². The van der Waals surface area contributed by atoms with Crippen molar-refractivity contribution in [2.45, 2.75) is 25.6 Å². The van der Waals surface area contributed by atoms with Crippen LogP contribution in [-0.2, 0) is 17.8 Å². The molecular formula is C19H24N2O. The fraction of sp³-hybridized carbons (Fsp3) is 0.421. The Morgan fingerprint density at radius 3 is 2.64 bits per heavy atom. The normalized spacial score (nSPS) is 22.6. The number of pyridine rings is 1. The molecule has 116 valence electrons. The molecule has 0 N–H and O–H groups in total. The van der Waals surface area contributed by atoms with Crippen molar-refractivity contribution in [2.24, 2.45) is 5.92 Å². The molecule has 1 fully saturated rings. The van der Waals surface area contributed by atoms with Crippen molar-refractivity contribution >= 4 is 0 Å². The average molecular weight is 296 g/mol. The van der Waals surface area contributed by atoms with Crippen LogP contribution in [0.2, 0.25) is 0 Å². The van der Waals surface area contributed by atoms with Gasteiger partial charge in [0.2, 0.25) is 0 Å². The summed E-state index contributed by atoms with van der Waals surface area (Å²) in [7, 11) is 2.21. The lowest BCUT2D eigenvalue weighted by Crippen LogP contribution is -2.43. The lowest BCUT2D eigenvalue weighted by molar-refractivity contribution is -0.0373. The molecule has 3 rings (SSSR count). The molecule has 1 aliphatic rings. The number of piperidine rings is 1. The fourth-order valence-corrected chi connectivity index (χ4v) is 3.21. The molecule has 0 bridgehead atoms. The summed E-state index contributed by atoms with van der Waals surface area (Å²) in [5.41, 5.74) is 2.60. The Morgan fingerprint density at radius 1 is 1.09 bits per heavy atom. The van der Waals surface area contributed by atoms with Crippen molar-refractivity contribution in [3.8, 4) is 0 Å².